The molecular formula is C126H138F3N7O6S6. The van der Waals surface area contributed by atoms with E-state index in [0.717, 1.165) is 263 Å². The zero-order valence-corrected chi connectivity index (χ0v) is 92.5. The van der Waals surface area contributed by atoms with Crippen LogP contribution in [-0.4, -0.2) is 104 Å². The Morgan fingerprint density at radius 1 is 0.203 bits per heavy atom. The maximum atomic E-state index is 16.0. The van der Waals surface area contributed by atoms with Gasteiger partial charge in [-0.25, -0.2) is 13.2 Å². The molecule has 6 aromatic heterocycles. The highest BCUT2D eigenvalue weighted by atomic mass is 32.1. The summed E-state index contributed by atoms with van der Waals surface area (Å²) in [4.78, 5) is 120. The van der Waals surface area contributed by atoms with Gasteiger partial charge in [-0.1, -0.05) is 271 Å². The number of hydrogen-bond donors (Lipinski definition) is 0. The van der Waals surface area contributed by atoms with E-state index in [2.05, 4.69) is 197 Å². The van der Waals surface area contributed by atoms with Crippen LogP contribution in [0.3, 0.4) is 0 Å². The quantitative estimate of drug-likeness (QED) is 0.0372. The molecule has 0 spiro atoms. The van der Waals surface area contributed by atoms with Gasteiger partial charge in [0.1, 0.15) is 17.5 Å². The van der Waals surface area contributed by atoms with Gasteiger partial charge >= 0.3 is 0 Å². The summed E-state index contributed by atoms with van der Waals surface area (Å²) in [5, 5.41) is 0. The summed E-state index contributed by atoms with van der Waals surface area (Å²) in [5.41, 5.74) is 14.8. The van der Waals surface area contributed by atoms with Gasteiger partial charge in [-0.05, 0) is 253 Å². The van der Waals surface area contributed by atoms with Crippen molar-refractivity contribution in [3.63, 3.8) is 0 Å². The van der Waals surface area contributed by atoms with Gasteiger partial charge in [0.05, 0.1) is 96.9 Å². The molecule has 6 aromatic carbocycles. The third-order valence-corrected chi connectivity index (χ3v) is 37.9. The second kappa shape index (κ2) is 48.1. The van der Waals surface area contributed by atoms with Gasteiger partial charge in [-0.2, -0.15) is 0 Å². The van der Waals surface area contributed by atoms with Gasteiger partial charge in [0, 0.05) is 85.6 Å². The van der Waals surface area contributed by atoms with Crippen molar-refractivity contribution in [1.29, 1.82) is 0 Å². The zero-order chi connectivity index (χ0) is 104. The number of thiophene rings is 6. The molecule has 0 fully saturated rings. The van der Waals surface area contributed by atoms with Crippen molar-refractivity contribution in [2.75, 3.05) is 44.2 Å². The molecule has 0 N–H and O–H groups in total. The first-order chi connectivity index (χ1) is 72.1. The number of anilines is 3. The summed E-state index contributed by atoms with van der Waals surface area (Å²) in [6.45, 7) is 29.2. The number of hydrogen-bond acceptors (Lipinski definition) is 13. The van der Waals surface area contributed by atoms with Gasteiger partial charge in [0.15, 0.2) is 0 Å². The summed E-state index contributed by atoms with van der Waals surface area (Å²) >= 11 is 9.36. The van der Waals surface area contributed by atoms with Crippen LogP contribution in [-0.2, 0) is 28.8 Å². The summed E-state index contributed by atoms with van der Waals surface area (Å²) in [6.07, 6.45) is 23.2. The second-order valence-corrected chi connectivity index (χ2v) is 47.3. The topological polar surface area (TPSA) is 125 Å². The van der Waals surface area contributed by atoms with Crippen molar-refractivity contribution in [2.24, 2.45) is 35.5 Å². The lowest BCUT2D eigenvalue weighted by atomic mass is 9.98. The predicted molar refractivity (Wildman–Crippen MR) is 612 cm³/mol. The molecule has 6 aliphatic heterocycles. The fraction of sp³-hybridized carbons (Fsp3) is 0.381. The number of unbranched alkanes of at least 4 members (excludes halogenated alkanes) is 6. The largest absolute Gasteiger partial charge is 0.311 e. The zero-order valence-electron chi connectivity index (χ0n) is 87.6. The van der Waals surface area contributed by atoms with E-state index in [1.165, 1.54) is 70.4 Å². The Kier molecular flexibility index (Phi) is 34.5. The molecular weight excluding hydrogens is 1960 g/mol. The minimum atomic E-state index is -0.319. The van der Waals surface area contributed by atoms with Gasteiger partial charge in [-0.3, -0.25) is 28.8 Å². The van der Waals surface area contributed by atoms with Crippen LogP contribution in [0.5, 0.6) is 0 Å². The number of nitrogens with zero attached hydrogens (tertiary/aromatic N) is 7. The van der Waals surface area contributed by atoms with Crippen LogP contribution in [0.1, 0.15) is 266 Å². The monoisotopic (exact) mass is 2090 g/mol. The highest BCUT2D eigenvalue weighted by molar-refractivity contribution is 7.18. The van der Waals surface area contributed by atoms with Crippen molar-refractivity contribution in [2.45, 2.75) is 237 Å². The molecule has 0 saturated heterocycles. The predicted octanol–water partition coefficient (Wildman–Crippen LogP) is 34.7. The number of carbonyl (C=O) groups excluding carboxylic acids is 6. The first-order valence-electron chi connectivity index (χ1n) is 54.5. The maximum Gasteiger partial charge on any atom is 0.261 e. The average molecular weight is 2100 g/mol. The molecule has 0 radical (unpaired) electrons. The number of benzene rings is 6. The fourth-order valence-corrected chi connectivity index (χ4v) is 28.6. The molecule has 18 rings (SSSR count). The van der Waals surface area contributed by atoms with Crippen LogP contribution < -0.4 is 4.90 Å². The molecule has 6 atom stereocenters. The van der Waals surface area contributed by atoms with Crippen LogP contribution in [0.15, 0.2) is 252 Å². The van der Waals surface area contributed by atoms with Crippen LogP contribution >= 0.6 is 68.0 Å². The molecule has 0 aliphatic carbocycles. The first kappa shape index (κ1) is 106. The Bertz CT molecular complexity index is 6360. The molecule has 6 unspecified atom stereocenters. The van der Waals surface area contributed by atoms with Crippen LogP contribution in [0.2, 0.25) is 0 Å². The van der Waals surface area contributed by atoms with Gasteiger partial charge in [-0.15, -0.1) is 68.0 Å². The standard InChI is InChI=1S/C126H138F3N7O6S6/c1-13-25-31-79(19-7)73-130-115(103-67-61-97(143-103)85-37-49-91(127)50-38-85)109-112(124(130)140)118(133(121(109)137)76-82(22-10)34-28-16-4)106-70-64-100(146-106)88-43-55-94(56-44-88)136(95-57-45-89(46-58-95)101-65-71-107(147-101)119-113-110(122(138)134(119)77-83(23-11)35-29-17-5)116(131(125(113)141)74-80(20-8)32-26-14-2)104-68-62-98(144-104)86-39-51-92(128)52-40-86)96-59-47-90(48-60-96)102-66-72-108(148-102)120-114-111(123(139)135(120)78-84(24-12)36-30-18-6)117(132(126(114)142)75-81(21-9)33-27-15-3)105-69-63-99(145-105)87-41-53-93(129)54-42-87/h37-72,79-84H,13-36,73-78H2,1-12H3. The van der Waals surface area contributed by atoms with Gasteiger partial charge < -0.3 is 34.3 Å². The Hall–Kier alpha value is -11.6. The lowest BCUT2D eigenvalue weighted by Gasteiger charge is -2.29. The summed E-state index contributed by atoms with van der Waals surface area (Å²) < 4.78 is 43.3. The maximum absolute atomic E-state index is 16.0. The third-order valence-electron chi connectivity index (χ3n) is 31.1. The molecule has 0 bridgehead atoms. The molecule has 12 aromatic rings. The minimum Gasteiger partial charge on any atom is -0.311 e. The Balaban J connectivity index is 0.737. The summed E-state index contributed by atoms with van der Waals surface area (Å²) in [7, 11) is 0. The van der Waals surface area contributed by atoms with Crippen LogP contribution in [0.4, 0.5) is 30.2 Å². The molecule has 12 heterocycles. The Morgan fingerprint density at radius 3 is 0.486 bits per heavy atom. The van der Waals surface area contributed by atoms with E-state index in [0.29, 0.717) is 107 Å². The molecule has 6 aliphatic rings. The van der Waals surface area contributed by atoms with E-state index < -0.39 is 0 Å². The molecule has 0 saturated carbocycles. The number of halogens is 3. The minimum absolute atomic E-state index is 0.153. The van der Waals surface area contributed by atoms with Crippen molar-refractivity contribution >= 4 is 155 Å². The Labute approximate surface area is 897 Å². The van der Waals surface area contributed by atoms with E-state index in [1.807, 2.05) is 65.8 Å². The van der Waals surface area contributed by atoms with E-state index in [1.54, 1.807) is 70.4 Å². The third kappa shape index (κ3) is 21.9. The molecule has 148 heavy (non-hydrogen) atoms. The number of carbonyl (C=O) groups is 6. The summed E-state index contributed by atoms with van der Waals surface area (Å²) in [6, 6.07) is 70.2. The van der Waals surface area contributed by atoms with Crippen LogP contribution in [0.25, 0.3) is 96.8 Å². The van der Waals surface area contributed by atoms with Gasteiger partial charge in [0.2, 0.25) is 0 Å². The molecule has 6 amide bonds. The van der Waals surface area contributed by atoms with Crippen LogP contribution in [0, 0.1) is 53.0 Å². The van der Waals surface area contributed by atoms with E-state index in [4.69, 9.17) is 0 Å². The number of rotatable bonds is 51. The van der Waals surface area contributed by atoms with E-state index in [-0.39, 0.29) is 88.4 Å². The SMILES string of the molecule is CCCCC(CC)CN1C(=O)C2=C(c3ccc(-c4ccc(N(c5ccc(-c6ccc(C7=C8C(=O)N(CC(CC)CCCC)C(c9ccc(-c%10ccc(F)cc%10)s9)=C8C(=O)N7CC(CC)CCCC)s6)cc5)c5ccc(-c6ccc(C7=C8C(=O)N(CC(CC)CCCC)C(c9ccc(-c%10ccc(F)cc%10)s9)=C8C(=O)N7CC(CC)CCCC)s6)cc5)cc4)s3)N(CC(CC)CCCC)C(=O)C2=C1c1ccc(-c2ccc(F)cc2)s1. The number of fused-ring (bicyclic) bond motifs is 3. The van der Waals surface area contributed by atoms with Gasteiger partial charge in [0.25, 0.3) is 35.4 Å². The molecule has 770 valence electrons. The number of amides is 6. The molecule has 22 heteroatoms. The summed E-state index contributed by atoms with van der Waals surface area (Å²) in [5.74, 6) is -0.686. The molecule has 13 nitrogen and oxygen atoms in total. The lowest BCUT2D eigenvalue weighted by molar-refractivity contribution is -0.124. The van der Waals surface area contributed by atoms with Crippen molar-refractivity contribution in [1.82, 2.24) is 29.4 Å². The van der Waals surface area contributed by atoms with E-state index >= 15 is 28.8 Å². The highest BCUT2D eigenvalue weighted by Gasteiger charge is 2.54. The smallest absolute Gasteiger partial charge is 0.261 e. The second-order valence-electron chi connectivity index (χ2n) is 40.8. The van der Waals surface area contributed by atoms with Crippen molar-refractivity contribution in [3.05, 3.63) is 299 Å². The Morgan fingerprint density at radius 2 is 0.345 bits per heavy atom. The lowest BCUT2D eigenvalue weighted by Crippen LogP contribution is -2.34. The average Bonchev–Trinajstić information content (AvgIpc) is 1.56. The van der Waals surface area contributed by atoms with Crippen molar-refractivity contribution < 1.29 is 41.9 Å². The normalized spacial score (nSPS) is 16.2. The van der Waals surface area contributed by atoms with E-state index in [9.17, 15) is 13.2 Å². The first-order valence-corrected chi connectivity index (χ1v) is 59.4. The highest BCUT2D eigenvalue weighted by Crippen LogP contribution is 2.57. The fourth-order valence-electron chi connectivity index (χ4n) is 22.2. The van der Waals surface area contributed by atoms with Crippen molar-refractivity contribution in [3.8, 4) is 62.6 Å².